The second kappa shape index (κ2) is 1.87. The third-order valence-electron chi connectivity index (χ3n) is 0.921. The Bertz CT molecular complexity index is 80.1. The fourth-order valence-corrected chi connectivity index (χ4v) is 0.572. The molecular formula is C5H9NO. The molecule has 1 aliphatic heterocycles. The van der Waals surface area contributed by atoms with Crippen molar-refractivity contribution in [2.75, 3.05) is 13.2 Å². The van der Waals surface area contributed by atoms with Crippen molar-refractivity contribution in [1.82, 2.24) is 5.32 Å². The molecule has 0 unspecified atom stereocenters. The zero-order valence-electron chi connectivity index (χ0n) is 4.40. The van der Waals surface area contributed by atoms with Gasteiger partial charge in [0.15, 0.2) is 5.88 Å². The predicted octanol–water partition coefficient (Wildman–Crippen LogP) is 0.467. The highest BCUT2D eigenvalue weighted by molar-refractivity contribution is 4.90. The summed E-state index contributed by atoms with van der Waals surface area (Å²) in [6, 6.07) is 0. The smallest absolute Gasteiger partial charge is 0.182 e. The Morgan fingerprint density at radius 2 is 2.71 bits per heavy atom. The van der Waals surface area contributed by atoms with Gasteiger partial charge >= 0.3 is 0 Å². The van der Waals surface area contributed by atoms with Gasteiger partial charge in [-0.05, 0) is 13.0 Å². The zero-order valence-corrected chi connectivity index (χ0v) is 4.40. The molecule has 1 N–H and O–H groups in total. The number of hydrogen-bond acceptors (Lipinski definition) is 2. The molecule has 2 heteroatoms. The van der Waals surface area contributed by atoms with Crippen LogP contribution in [0.4, 0.5) is 0 Å². The number of rotatable bonds is 0. The van der Waals surface area contributed by atoms with Gasteiger partial charge in [-0.1, -0.05) is 0 Å². The number of ether oxygens (including phenoxy) is 1. The Labute approximate surface area is 43.2 Å². The fraction of sp³-hybridized carbons (Fsp3) is 0.600. The normalized spacial score (nSPS) is 24.4. The highest BCUT2D eigenvalue weighted by atomic mass is 16.5. The summed E-state index contributed by atoms with van der Waals surface area (Å²) in [5.41, 5.74) is 0. The van der Waals surface area contributed by atoms with E-state index in [-0.39, 0.29) is 0 Å². The molecule has 40 valence electrons. The molecule has 1 fully saturated rings. The molecule has 1 aliphatic rings. The molecule has 0 saturated carbocycles. The SMILES string of the molecule is C/C=C1\NCCO1. The van der Waals surface area contributed by atoms with Gasteiger partial charge in [0.1, 0.15) is 6.61 Å². The van der Waals surface area contributed by atoms with Crippen LogP contribution in [-0.2, 0) is 4.74 Å². The summed E-state index contributed by atoms with van der Waals surface area (Å²) in [6.07, 6.45) is 1.92. The molecule has 0 bridgehead atoms. The first kappa shape index (κ1) is 4.50. The minimum atomic E-state index is 0.819. The van der Waals surface area contributed by atoms with E-state index in [1.165, 1.54) is 0 Å². The van der Waals surface area contributed by atoms with Gasteiger partial charge in [0.2, 0.25) is 0 Å². The molecule has 0 radical (unpaired) electrons. The van der Waals surface area contributed by atoms with Crippen LogP contribution in [0.3, 0.4) is 0 Å². The van der Waals surface area contributed by atoms with Crippen LogP contribution in [0.5, 0.6) is 0 Å². The van der Waals surface area contributed by atoms with Gasteiger partial charge in [0.25, 0.3) is 0 Å². The van der Waals surface area contributed by atoms with Crippen LogP contribution >= 0.6 is 0 Å². The first-order valence-corrected chi connectivity index (χ1v) is 2.46. The highest BCUT2D eigenvalue weighted by Gasteiger charge is 2.01. The molecule has 0 aromatic rings. The molecule has 0 amide bonds. The Morgan fingerprint density at radius 1 is 1.86 bits per heavy atom. The van der Waals surface area contributed by atoms with Gasteiger partial charge in [-0.25, -0.2) is 0 Å². The van der Waals surface area contributed by atoms with Crippen LogP contribution in [0, 0.1) is 0 Å². The van der Waals surface area contributed by atoms with Crippen molar-refractivity contribution in [3.8, 4) is 0 Å². The highest BCUT2D eigenvalue weighted by Crippen LogP contribution is 1.96. The molecule has 0 atom stereocenters. The predicted molar refractivity (Wildman–Crippen MR) is 27.7 cm³/mol. The van der Waals surface area contributed by atoms with Crippen LogP contribution < -0.4 is 5.32 Å². The minimum absolute atomic E-state index is 0.819. The maximum absolute atomic E-state index is 5.05. The molecule has 1 rings (SSSR count). The summed E-state index contributed by atoms with van der Waals surface area (Å²) in [5, 5.41) is 3.05. The van der Waals surface area contributed by atoms with Crippen molar-refractivity contribution in [2.45, 2.75) is 6.92 Å². The zero-order chi connectivity index (χ0) is 5.11. The Balaban J connectivity index is 2.41. The van der Waals surface area contributed by atoms with Crippen LogP contribution in [0.15, 0.2) is 12.0 Å². The fourth-order valence-electron chi connectivity index (χ4n) is 0.572. The lowest BCUT2D eigenvalue weighted by molar-refractivity contribution is 0.265. The van der Waals surface area contributed by atoms with E-state index in [9.17, 15) is 0 Å². The molecule has 0 aromatic carbocycles. The molecule has 7 heavy (non-hydrogen) atoms. The lowest BCUT2D eigenvalue weighted by atomic mass is 10.6. The Hall–Kier alpha value is -0.660. The summed E-state index contributed by atoms with van der Waals surface area (Å²) in [4.78, 5) is 0. The second-order valence-corrected chi connectivity index (χ2v) is 1.43. The van der Waals surface area contributed by atoms with E-state index >= 15 is 0 Å². The summed E-state index contributed by atoms with van der Waals surface area (Å²) in [6.45, 7) is 3.73. The number of hydrogen-bond donors (Lipinski definition) is 1. The lowest BCUT2D eigenvalue weighted by Crippen LogP contribution is -2.03. The topological polar surface area (TPSA) is 21.3 Å². The summed E-state index contributed by atoms with van der Waals surface area (Å²) in [7, 11) is 0. The summed E-state index contributed by atoms with van der Waals surface area (Å²) >= 11 is 0. The van der Waals surface area contributed by atoms with Crippen molar-refractivity contribution >= 4 is 0 Å². The van der Waals surface area contributed by atoms with E-state index in [2.05, 4.69) is 5.32 Å². The molecule has 1 saturated heterocycles. The Kier molecular flexibility index (Phi) is 1.20. The standard InChI is InChI=1S/C5H9NO/c1-2-5-6-3-4-7-5/h2,6H,3-4H2,1H3/b5-2+. The first-order valence-electron chi connectivity index (χ1n) is 2.46. The number of allylic oxidation sites excluding steroid dienone is 1. The van der Waals surface area contributed by atoms with Gasteiger partial charge < -0.3 is 10.1 Å². The van der Waals surface area contributed by atoms with E-state index in [4.69, 9.17) is 4.74 Å². The van der Waals surface area contributed by atoms with Crippen molar-refractivity contribution in [3.63, 3.8) is 0 Å². The summed E-state index contributed by atoms with van der Waals surface area (Å²) < 4.78 is 5.05. The van der Waals surface area contributed by atoms with Crippen molar-refractivity contribution < 1.29 is 4.74 Å². The molecule has 0 aromatic heterocycles. The van der Waals surface area contributed by atoms with Crippen molar-refractivity contribution in [2.24, 2.45) is 0 Å². The van der Waals surface area contributed by atoms with E-state index in [1.54, 1.807) is 0 Å². The molecular weight excluding hydrogens is 90.1 g/mol. The van der Waals surface area contributed by atoms with Gasteiger partial charge in [-0.3, -0.25) is 0 Å². The van der Waals surface area contributed by atoms with Crippen LogP contribution in [0.25, 0.3) is 0 Å². The van der Waals surface area contributed by atoms with Crippen LogP contribution in [-0.4, -0.2) is 13.2 Å². The largest absolute Gasteiger partial charge is 0.478 e. The van der Waals surface area contributed by atoms with E-state index < -0.39 is 0 Å². The number of nitrogens with one attached hydrogen (secondary N) is 1. The van der Waals surface area contributed by atoms with Crippen LogP contribution in [0.2, 0.25) is 0 Å². The quantitative estimate of drug-likeness (QED) is 0.476. The minimum Gasteiger partial charge on any atom is -0.478 e. The van der Waals surface area contributed by atoms with E-state index in [1.807, 2.05) is 13.0 Å². The van der Waals surface area contributed by atoms with Gasteiger partial charge in [-0.15, -0.1) is 0 Å². The molecule has 2 nitrogen and oxygen atoms in total. The van der Waals surface area contributed by atoms with E-state index in [0.717, 1.165) is 19.0 Å². The van der Waals surface area contributed by atoms with Crippen LogP contribution in [0.1, 0.15) is 6.92 Å². The average molecular weight is 99.1 g/mol. The summed E-state index contributed by atoms with van der Waals surface area (Å²) in [5.74, 6) is 0.917. The average Bonchev–Trinajstić information content (AvgIpc) is 2.14. The maximum atomic E-state index is 5.05. The van der Waals surface area contributed by atoms with Gasteiger partial charge in [0, 0.05) is 0 Å². The van der Waals surface area contributed by atoms with Crippen molar-refractivity contribution in [3.05, 3.63) is 12.0 Å². The van der Waals surface area contributed by atoms with Crippen molar-refractivity contribution in [1.29, 1.82) is 0 Å². The van der Waals surface area contributed by atoms with E-state index in [0.29, 0.717) is 0 Å². The maximum Gasteiger partial charge on any atom is 0.182 e. The second-order valence-electron chi connectivity index (χ2n) is 1.43. The third kappa shape index (κ3) is 0.856. The van der Waals surface area contributed by atoms with Gasteiger partial charge in [-0.2, -0.15) is 0 Å². The van der Waals surface area contributed by atoms with Gasteiger partial charge in [0.05, 0.1) is 6.54 Å². The lowest BCUT2D eigenvalue weighted by Gasteiger charge is -1.91. The molecule has 1 heterocycles. The first-order chi connectivity index (χ1) is 3.43. The molecule has 0 aliphatic carbocycles. The molecule has 0 spiro atoms. The third-order valence-corrected chi connectivity index (χ3v) is 0.921. The monoisotopic (exact) mass is 99.1 g/mol. The Morgan fingerprint density at radius 3 is 3.00 bits per heavy atom.